The summed E-state index contributed by atoms with van der Waals surface area (Å²) in [5.74, 6) is 0.791. The van der Waals surface area contributed by atoms with E-state index in [1.807, 2.05) is 11.4 Å². The number of carbonyl (C=O) groups is 1. The Morgan fingerprint density at radius 3 is 3.00 bits per heavy atom. The van der Waals surface area contributed by atoms with Gasteiger partial charge in [0, 0.05) is 5.75 Å². The molecule has 15 heavy (non-hydrogen) atoms. The molecule has 2 N–H and O–H groups in total. The molecule has 0 aliphatic rings. The fourth-order valence-corrected chi connectivity index (χ4v) is 3.34. The van der Waals surface area contributed by atoms with Gasteiger partial charge >= 0.3 is 0 Å². The molecule has 0 radical (unpaired) electrons. The minimum absolute atomic E-state index is 0.483. The molecule has 0 bridgehead atoms. The lowest BCUT2D eigenvalue weighted by atomic mass is 10.3. The van der Waals surface area contributed by atoms with Crippen molar-refractivity contribution < 1.29 is 4.79 Å². The van der Waals surface area contributed by atoms with Crippen molar-refractivity contribution in [3.05, 3.63) is 21.9 Å². The number of hydrogen-bond donors (Lipinski definition) is 1. The van der Waals surface area contributed by atoms with E-state index in [1.165, 1.54) is 22.7 Å². The van der Waals surface area contributed by atoms with Crippen molar-refractivity contribution >= 4 is 45.9 Å². The van der Waals surface area contributed by atoms with Crippen molar-refractivity contribution in [3.8, 4) is 0 Å². The lowest BCUT2D eigenvalue weighted by Crippen LogP contribution is -1.80. The van der Waals surface area contributed by atoms with Gasteiger partial charge in [-0.1, -0.05) is 23.1 Å². The SMILES string of the molecule is Nc1nnc(SCc2csc(C=O)c2)s1. The maximum atomic E-state index is 10.5. The Bertz CT molecular complexity index is 465. The average Bonchev–Trinajstić information content (AvgIpc) is 2.83. The molecule has 0 aromatic carbocycles. The number of rotatable bonds is 4. The molecule has 2 heterocycles. The third-order valence-electron chi connectivity index (χ3n) is 1.57. The number of thiophene rings is 1. The Labute approximate surface area is 98.5 Å². The van der Waals surface area contributed by atoms with E-state index in [4.69, 9.17) is 5.73 Å². The molecule has 0 fully saturated rings. The minimum atomic E-state index is 0.483. The van der Waals surface area contributed by atoms with Crippen LogP contribution >= 0.6 is 34.4 Å². The van der Waals surface area contributed by atoms with Crippen LogP contribution in [0.25, 0.3) is 0 Å². The number of carbonyl (C=O) groups excluding carboxylic acids is 1. The van der Waals surface area contributed by atoms with Crippen LogP contribution < -0.4 is 5.73 Å². The van der Waals surface area contributed by atoms with Gasteiger partial charge in [0.05, 0.1) is 4.88 Å². The van der Waals surface area contributed by atoms with E-state index in [-0.39, 0.29) is 0 Å². The van der Waals surface area contributed by atoms with Gasteiger partial charge < -0.3 is 5.73 Å². The number of nitrogens with zero attached hydrogens (tertiary/aromatic N) is 2. The molecule has 0 spiro atoms. The summed E-state index contributed by atoms with van der Waals surface area (Å²) >= 11 is 4.40. The zero-order valence-electron chi connectivity index (χ0n) is 7.54. The second-order valence-corrected chi connectivity index (χ2v) is 5.84. The minimum Gasteiger partial charge on any atom is -0.374 e. The molecule has 4 nitrogen and oxygen atoms in total. The van der Waals surface area contributed by atoms with Gasteiger partial charge in [-0.15, -0.1) is 21.5 Å². The predicted octanol–water partition coefficient (Wildman–Crippen LogP) is 2.29. The Morgan fingerprint density at radius 2 is 2.40 bits per heavy atom. The molecular formula is C8H7N3OS3. The van der Waals surface area contributed by atoms with Gasteiger partial charge in [-0.2, -0.15) is 0 Å². The number of aromatic nitrogens is 2. The summed E-state index contributed by atoms with van der Waals surface area (Å²) in [6.07, 6.45) is 0.863. The monoisotopic (exact) mass is 257 g/mol. The van der Waals surface area contributed by atoms with Crippen LogP contribution in [0.3, 0.4) is 0 Å². The van der Waals surface area contributed by atoms with Crippen LogP contribution in [-0.2, 0) is 5.75 Å². The van der Waals surface area contributed by atoms with Gasteiger partial charge in [-0.25, -0.2) is 0 Å². The summed E-state index contributed by atoms with van der Waals surface area (Å²) in [6, 6.07) is 1.88. The van der Waals surface area contributed by atoms with Crippen LogP contribution in [-0.4, -0.2) is 16.5 Å². The Morgan fingerprint density at radius 1 is 1.53 bits per heavy atom. The number of nitrogens with two attached hydrogens (primary N) is 1. The van der Waals surface area contributed by atoms with Gasteiger partial charge in [0.2, 0.25) is 5.13 Å². The number of nitrogen functional groups attached to an aromatic ring is 1. The number of hydrogen-bond acceptors (Lipinski definition) is 7. The molecule has 0 saturated heterocycles. The molecule has 2 aromatic heterocycles. The highest BCUT2D eigenvalue weighted by Gasteiger charge is 2.04. The molecule has 0 unspecified atom stereocenters. The molecule has 0 amide bonds. The highest BCUT2D eigenvalue weighted by Crippen LogP contribution is 2.28. The van der Waals surface area contributed by atoms with Crippen molar-refractivity contribution in [1.82, 2.24) is 10.2 Å². The number of aldehydes is 1. The highest BCUT2D eigenvalue weighted by atomic mass is 32.2. The standard InChI is InChI=1S/C8H7N3OS3/c9-7-10-11-8(15-7)14-4-5-1-6(2-12)13-3-5/h1-3H,4H2,(H2,9,10). The largest absolute Gasteiger partial charge is 0.374 e. The summed E-state index contributed by atoms with van der Waals surface area (Å²) in [5.41, 5.74) is 6.59. The van der Waals surface area contributed by atoms with E-state index in [0.29, 0.717) is 5.13 Å². The fourth-order valence-electron chi connectivity index (χ4n) is 0.956. The third-order valence-corrected chi connectivity index (χ3v) is 4.44. The smallest absolute Gasteiger partial charge is 0.203 e. The first-order valence-electron chi connectivity index (χ1n) is 4.02. The van der Waals surface area contributed by atoms with E-state index >= 15 is 0 Å². The quantitative estimate of drug-likeness (QED) is 0.672. The average molecular weight is 257 g/mol. The first-order valence-corrected chi connectivity index (χ1v) is 6.70. The van der Waals surface area contributed by atoms with Crippen molar-refractivity contribution in [2.45, 2.75) is 10.1 Å². The number of anilines is 1. The molecule has 2 rings (SSSR count). The molecule has 78 valence electrons. The van der Waals surface area contributed by atoms with Gasteiger partial charge in [0.1, 0.15) is 0 Å². The van der Waals surface area contributed by atoms with E-state index in [9.17, 15) is 4.79 Å². The second-order valence-electron chi connectivity index (χ2n) is 2.67. The maximum absolute atomic E-state index is 10.5. The summed E-state index contributed by atoms with van der Waals surface area (Å²) in [5, 5.41) is 10.1. The summed E-state index contributed by atoms with van der Waals surface area (Å²) in [4.78, 5) is 11.2. The normalized spacial score (nSPS) is 10.4. The fraction of sp³-hybridized carbons (Fsp3) is 0.125. The van der Waals surface area contributed by atoms with Crippen molar-refractivity contribution in [3.63, 3.8) is 0 Å². The molecule has 7 heteroatoms. The van der Waals surface area contributed by atoms with E-state index in [1.54, 1.807) is 11.8 Å². The van der Waals surface area contributed by atoms with Gasteiger partial charge in [0.25, 0.3) is 0 Å². The van der Waals surface area contributed by atoms with Gasteiger partial charge in [-0.3, -0.25) is 4.79 Å². The van der Waals surface area contributed by atoms with Crippen molar-refractivity contribution in [1.29, 1.82) is 0 Å². The predicted molar refractivity (Wildman–Crippen MR) is 63.6 cm³/mol. The summed E-state index contributed by atoms with van der Waals surface area (Å²) in [6.45, 7) is 0. The van der Waals surface area contributed by atoms with Crippen LogP contribution in [0.15, 0.2) is 15.8 Å². The molecule has 0 aliphatic heterocycles. The molecular weight excluding hydrogens is 250 g/mol. The van der Waals surface area contributed by atoms with E-state index < -0.39 is 0 Å². The van der Waals surface area contributed by atoms with E-state index in [0.717, 1.165) is 26.8 Å². The summed E-state index contributed by atoms with van der Waals surface area (Å²) in [7, 11) is 0. The lowest BCUT2D eigenvalue weighted by molar-refractivity contribution is 0.112. The molecule has 0 saturated carbocycles. The maximum Gasteiger partial charge on any atom is 0.203 e. The molecule has 2 aromatic rings. The van der Waals surface area contributed by atoms with Crippen LogP contribution in [0.2, 0.25) is 0 Å². The van der Waals surface area contributed by atoms with Crippen molar-refractivity contribution in [2.24, 2.45) is 0 Å². The first-order chi connectivity index (χ1) is 7.28. The van der Waals surface area contributed by atoms with Gasteiger partial charge in [-0.05, 0) is 17.0 Å². The molecule has 0 atom stereocenters. The van der Waals surface area contributed by atoms with Crippen molar-refractivity contribution in [2.75, 3.05) is 5.73 Å². The van der Waals surface area contributed by atoms with E-state index in [2.05, 4.69) is 10.2 Å². The van der Waals surface area contributed by atoms with Gasteiger partial charge in [0.15, 0.2) is 10.6 Å². The molecule has 0 aliphatic carbocycles. The Hall–Kier alpha value is -0.920. The lowest BCUT2D eigenvalue weighted by Gasteiger charge is -1.91. The Kier molecular flexibility index (Phi) is 3.34. The zero-order chi connectivity index (χ0) is 10.7. The highest BCUT2D eigenvalue weighted by molar-refractivity contribution is 8.00. The van der Waals surface area contributed by atoms with Crippen LogP contribution in [0.4, 0.5) is 5.13 Å². The topological polar surface area (TPSA) is 68.9 Å². The van der Waals surface area contributed by atoms with Crippen LogP contribution in [0.1, 0.15) is 15.2 Å². The third kappa shape index (κ3) is 2.77. The van der Waals surface area contributed by atoms with Crippen LogP contribution in [0.5, 0.6) is 0 Å². The second kappa shape index (κ2) is 4.73. The Balaban J connectivity index is 1.95. The summed E-state index contributed by atoms with van der Waals surface area (Å²) < 4.78 is 0.853. The first kappa shape index (κ1) is 10.6. The van der Waals surface area contributed by atoms with Crippen LogP contribution in [0, 0.1) is 0 Å². The number of thioether (sulfide) groups is 1. The zero-order valence-corrected chi connectivity index (χ0v) is 9.99.